The lowest BCUT2D eigenvalue weighted by molar-refractivity contribution is -0.131. The molecule has 0 aliphatic carbocycles. The van der Waals surface area contributed by atoms with Crippen molar-refractivity contribution in [1.29, 1.82) is 0 Å². The Labute approximate surface area is 110 Å². The minimum Gasteiger partial charge on any atom is -0.382 e. The molecule has 0 bridgehead atoms. The summed E-state index contributed by atoms with van der Waals surface area (Å²) in [6.07, 6.45) is 0.580. The Balaban J connectivity index is 1.71. The van der Waals surface area contributed by atoms with Crippen molar-refractivity contribution in [2.24, 2.45) is 11.1 Å². The predicted octanol–water partition coefficient (Wildman–Crippen LogP) is -0.153. The maximum atomic E-state index is 11.8. The second-order valence-electron chi connectivity index (χ2n) is 4.72. The molecule has 2 heterocycles. The van der Waals surface area contributed by atoms with Gasteiger partial charge < -0.3 is 15.9 Å². The van der Waals surface area contributed by atoms with Crippen LogP contribution in [-0.2, 0) is 16.1 Å². The molecule has 1 aromatic heterocycles. The summed E-state index contributed by atoms with van der Waals surface area (Å²) in [6.45, 7) is 4.50. The SMILES string of the molecule is CC(C)C1=NOC(C(=O)NCCc2nc(N)n[nH]2)C1. The lowest BCUT2D eigenvalue weighted by Gasteiger charge is -2.08. The summed E-state index contributed by atoms with van der Waals surface area (Å²) >= 11 is 0. The molecule has 1 amide bonds. The van der Waals surface area contributed by atoms with E-state index in [1.54, 1.807) is 0 Å². The number of oxime groups is 1. The molecule has 104 valence electrons. The van der Waals surface area contributed by atoms with Gasteiger partial charge in [-0.25, -0.2) is 0 Å². The number of hydrogen-bond donors (Lipinski definition) is 3. The lowest BCUT2D eigenvalue weighted by Crippen LogP contribution is -2.36. The van der Waals surface area contributed by atoms with Gasteiger partial charge in [-0.05, 0) is 5.92 Å². The van der Waals surface area contributed by atoms with Crippen molar-refractivity contribution in [2.75, 3.05) is 12.3 Å². The van der Waals surface area contributed by atoms with E-state index in [0.717, 1.165) is 5.71 Å². The van der Waals surface area contributed by atoms with E-state index in [2.05, 4.69) is 25.7 Å². The molecular formula is C11H18N6O2. The lowest BCUT2D eigenvalue weighted by atomic mass is 10.0. The van der Waals surface area contributed by atoms with E-state index in [1.165, 1.54) is 0 Å². The fraction of sp³-hybridized carbons (Fsp3) is 0.636. The molecule has 0 saturated heterocycles. The monoisotopic (exact) mass is 266 g/mol. The van der Waals surface area contributed by atoms with Crippen LogP contribution in [0.1, 0.15) is 26.1 Å². The molecule has 19 heavy (non-hydrogen) atoms. The molecule has 8 heteroatoms. The van der Waals surface area contributed by atoms with Crippen LogP contribution in [0.25, 0.3) is 0 Å². The van der Waals surface area contributed by atoms with Gasteiger partial charge in [0.25, 0.3) is 5.91 Å². The average Bonchev–Trinajstić information content (AvgIpc) is 2.98. The normalized spacial score (nSPS) is 18.3. The molecule has 0 aromatic carbocycles. The number of nitrogens with zero attached hydrogens (tertiary/aromatic N) is 3. The molecule has 8 nitrogen and oxygen atoms in total. The molecule has 0 fully saturated rings. The van der Waals surface area contributed by atoms with Crippen LogP contribution in [-0.4, -0.2) is 39.4 Å². The fourth-order valence-electron chi connectivity index (χ4n) is 1.72. The van der Waals surface area contributed by atoms with Crippen molar-refractivity contribution in [3.8, 4) is 0 Å². The van der Waals surface area contributed by atoms with Crippen LogP contribution in [0.5, 0.6) is 0 Å². The number of carbonyl (C=O) groups excluding carboxylic acids is 1. The van der Waals surface area contributed by atoms with Crippen LogP contribution in [0.3, 0.4) is 0 Å². The first-order chi connectivity index (χ1) is 9.06. The third kappa shape index (κ3) is 3.43. The summed E-state index contributed by atoms with van der Waals surface area (Å²) in [4.78, 5) is 20.9. The molecule has 1 aliphatic heterocycles. The summed E-state index contributed by atoms with van der Waals surface area (Å²) in [6, 6.07) is 0. The summed E-state index contributed by atoms with van der Waals surface area (Å²) in [5.41, 5.74) is 6.30. The molecule has 4 N–H and O–H groups in total. The van der Waals surface area contributed by atoms with E-state index in [9.17, 15) is 4.79 Å². The molecule has 1 unspecified atom stereocenters. The van der Waals surface area contributed by atoms with Gasteiger partial charge in [0.05, 0.1) is 5.71 Å². The van der Waals surface area contributed by atoms with Gasteiger partial charge in [0.2, 0.25) is 12.1 Å². The Hall–Kier alpha value is -2.12. The predicted molar refractivity (Wildman–Crippen MR) is 69.3 cm³/mol. The number of hydrogen-bond acceptors (Lipinski definition) is 6. The topological polar surface area (TPSA) is 118 Å². The van der Waals surface area contributed by atoms with Crippen molar-refractivity contribution < 1.29 is 9.63 Å². The highest BCUT2D eigenvalue weighted by molar-refractivity contribution is 5.93. The molecule has 0 radical (unpaired) electrons. The van der Waals surface area contributed by atoms with Crippen molar-refractivity contribution in [3.05, 3.63) is 5.82 Å². The van der Waals surface area contributed by atoms with E-state index in [0.29, 0.717) is 31.1 Å². The van der Waals surface area contributed by atoms with Crippen molar-refractivity contribution in [3.63, 3.8) is 0 Å². The van der Waals surface area contributed by atoms with Gasteiger partial charge in [-0.2, -0.15) is 4.98 Å². The minimum atomic E-state index is -0.516. The van der Waals surface area contributed by atoms with E-state index in [4.69, 9.17) is 10.6 Å². The first kappa shape index (κ1) is 13.3. The van der Waals surface area contributed by atoms with E-state index in [1.807, 2.05) is 13.8 Å². The van der Waals surface area contributed by atoms with Crippen LogP contribution < -0.4 is 11.1 Å². The fourth-order valence-corrected chi connectivity index (χ4v) is 1.72. The summed E-state index contributed by atoms with van der Waals surface area (Å²) < 4.78 is 0. The van der Waals surface area contributed by atoms with Gasteiger partial charge >= 0.3 is 0 Å². The summed E-state index contributed by atoms with van der Waals surface area (Å²) in [7, 11) is 0. The Morgan fingerprint density at radius 3 is 3.00 bits per heavy atom. The summed E-state index contributed by atoms with van der Waals surface area (Å²) in [5, 5.41) is 13.1. The number of nitrogens with one attached hydrogen (secondary N) is 2. The van der Waals surface area contributed by atoms with Gasteiger partial charge in [0, 0.05) is 19.4 Å². The molecular weight excluding hydrogens is 248 g/mol. The third-order valence-electron chi connectivity index (χ3n) is 2.86. The number of aromatic nitrogens is 3. The zero-order valence-corrected chi connectivity index (χ0v) is 11.0. The van der Waals surface area contributed by atoms with Gasteiger partial charge in [-0.3, -0.25) is 9.89 Å². The summed E-state index contributed by atoms with van der Waals surface area (Å²) in [5.74, 6) is 0.988. The number of H-pyrrole nitrogens is 1. The highest BCUT2D eigenvalue weighted by Crippen LogP contribution is 2.15. The Bertz CT molecular complexity index is 481. The van der Waals surface area contributed by atoms with Gasteiger partial charge in [0.1, 0.15) is 5.82 Å². The van der Waals surface area contributed by atoms with E-state index in [-0.39, 0.29) is 11.9 Å². The second kappa shape index (κ2) is 5.68. The zero-order valence-electron chi connectivity index (χ0n) is 11.0. The number of rotatable bonds is 5. The number of carbonyl (C=O) groups is 1. The average molecular weight is 266 g/mol. The van der Waals surface area contributed by atoms with Crippen LogP contribution >= 0.6 is 0 Å². The van der Waals surface area contributed by atoms with Crippen LogP contribution in [0, 0.1) is 5.92 Å². The van der Waals surface area contributed by atoms with E-state index >= 15 is 0 Å². The number of amides is 1. The highest BCUT2D eigenvalue weighted by atomic mass is 16.6. The highest BCUT2D eigenvalue weighted by Gasteiger charge is 2.28. The minimum absolute atomic E-state index is 0.160. The largest absolute Gasteiger partial charge is 0.382 e. The molecule has 1 aromatic rings. The zero-order chi connectivity index (χ0) is 13.8. The second-order valence-corrected chi connectivity index (χ2v) is 4.72. The quantitative estimate of drug-likeness (QED) is 0.684. The first-order valence-electron chi connectivity index (χ1n) is 6.23. The Morgan fingerprint density at radius 1 is 1.63 bits per heavy atom. The maximum absolute atomic E-state index is 11.8. The van der Waals surface area contributed by atoms with Crippen LogP contribution in [0.2, 0.25) is 0 Å². The number of aromatic amines is 1. The molecule has 1 aliphatic rings. The molecule has 1 atom stereocenters. The van der Waals surface area contributed by atoms with Crippen molar-refractivity contribution in [1.82, 2.24) is 20.5 Å². The number of anilines is 1. The smallest absolute Gasteiger partial charge is 0.264 e. The molecule has 2 rings (SSSR count). The van der Waals surface area contributed by atoms with E-state index < -0.39 is 6.10 Å². The Kier molecular flexibility index (Phi) is 3.98. The molecule has 0 spiro atoms. The van der Waals surface area contributed by atoms with Crippen LogP contribution in [0.15, 0.2) is 5.16 Å². The van der Waals surface area contributed by atoms with Crippen molar-refractivity contribution in [2.45, 2.75) is 32.8 Å². The van der Waals surface area contributed by atoms with Gasteiger partial charge in [-0.1, -0.05) is 19.0 Å². The third-order valence-corrected chi connectivity index (χ3v) is 2.86. The Morgan fingerprint density at radius 2 is 2.42 bits per heavy atom. The number of nitrogen functional groups attached to an aromatic ring is 1. The van der Waals surface area contributed by atoms with Crippen LogP contribution in [0.4, 0.5) is 5.95 Å². The maximum Gasteiger partial charge on any atom is 0.264 e. The number of nitrogens with two attached hydrogens (primary N) is 1. The standard InChI is InChI=1S/C11H18N6O2/c1-6(2)7-5-8(19-17-7)10(18)13-4-3-9-14-11(12)16-15-9/h6,8H,3-5H2,1-2H3,(H,13,18)(H3,12,14,15,16). The molecule has 0 saturated carbocycles. The van der Waals surface area contributed by atoms with Gasteiger partial charge in [-0.15, -0.1) is 5.10 Å². The van der Waals surface area contributed by atoms with Crippen molar-refractivity contribution >= 4 is 17.6 Å². The van der Waals surface area contributed by atoms with Gasteiger partial charge in [0.15, 0.2) is 0 Å². The first-order valence-corrected chi connectivity index (χ1v) is 6.23.